The lowest BCUT2D eigenvalue weighted by Gasteiger charge is -2.14. The van der Waals surface area contributed by atoms with Crippen molar-refractivity contribution in [3.8, 4) is 0 Å². The first-order chi connectivity index (χ1) is 9.52. The van der Waals surface area contributed by atoms with E-state index in [0.717, 1.165) is 5.92 Å². The summed E-state index contributed by atoms with van der Waals surface area (Å²) in [5.41, 5.74) is 0.365. The highest BCUT2D eigenvalue weighted by molar-refractivity contribution is 6.32. The summed E-state index contributed by atoms with van der Waals surface area (Å²) in [5.74, 6) is 0.499. The van der Waals surface area contributed by atoms with Crippen LogP contribution >= 0.6 is 11.6 Å². The second-order valence-corrected chi connectivity index (χ2v) is 6.15. The number of nitrogens with one attached hydrogen (secondary N) is 1. The van der Waals surface area contributed by atoms with Crippen molar-refractivity contribution in [2.24, 2.45) is 11.3 Å². The van der Waals surface area contributed by atoms with Gasteiger partial charge in [0.25, 0.3) is 11.6 Å². The van der Waals surface area contributed by atoms with Gasteiger partial charge in [0.1, 0.15) is 5.02 Å². The van der Waals surface area contributed by atoms with Crippen LogP contribution in [0.2, 0.25) is 5.02 Å². The molecule has 1 aromatic carbocycles. The van der Waals surface area contributed by atoms with Crippen LogP contribution in [0, 0.1) is 21.4 Å². The minimum absolute atomic E-state index is 0.0446. The van der Waals surface area contributed by atoms with Crippen molar-refractivity contribution in [1.29, 1.82) is 0 Å². The number of nitro groups is 1. The summed E-state index contributed by atoms with van der Waals surface area (Å²) in [4.78, 5) is 22.3. The molecule has 0 atom stereocenters. The zero-order valence-corrected chi connectivity index (χ0v) is 11.7. The Morgan fingerprint density at radius 3 is 2.70 bits per heavy atom. The molecule has 1 amide bonds. The minimum atomic E-state index is -0.578. The maximum absolute atomic E-state index is 12.1. The molecule has 1 N–H and O–H groups in total. The van der Waals surface area contributed by atoms with Crippen molar-refractivity contribution in [1.82, 2.24) is 5.32 Å². The second kappa shape index (κ2) is 4.74. The van der Waals surface area contributed by atoms with Gasteiger partial charge in [-0.3, -0.25) is 14.9 Å². The number of halogens is 1. The maximum Gasteiger partial charge on any atom is 0.288 e. The van der Waals surface area contributed by atoms with E-state index in [0.29, 0.717) is 12.0 Å². The van der Waals surface area contributed by atoms with Gasteiger partial charge in [0.2, 0.25) is 0 Å². The molecule has 2 aliphatic rings. The van der Waals surface area contributed by atoms with Crippen LogP contribution in [-0.4, -0.2) is 17.4 Å². The van der Waals surface area contributed by atoms with Crippen molar-refractivity contribution >= 4 is 23.2 Å². The summed E-state index contributed by atoms with van der Waals surface area (Å²) in [7, 11) is 0. The third kappa shape index (κ3) is 2.50. The smallest absolute Gasteiger partial charge is 0.288 e. The lowest BCUT2D eigenvalue weighted by atomic mass is 10.0. The first-order valence-corrected chi connectivity index (χ1v) is 7.12. The monoisotopic (exact) mass is 294 g/mol. The summed E-state index contributed by atoms with van der Waals surface area (Å²) in [6, 6.07) is 4.14. The van der Waals surface area contributed by atoms with E-state index in [2.05, 4.69) is 5.32 Å². The van der Waals surface area contributed by atoms with Gasteiger partial charge in [-0.2, -0.15) is 0 Å². The predicted molar refractivity (Wildman–Crippen MR) is 74.8 cm³/mol. The van der Waals surface area contributed by atoms with Gasteiger partial charge < -0.3 is 5.32 Å². The molecule has 0 saturated heterocycles. The van der Waals surface area contributed by atoms with Gasteiger partial charge in [0.05, 0.1) is 4.92 Å². The lowest BCUT2D eigenvalue weighted by Crippen LogP contribution is -2.31. The van der Waals surface area contributed by atoms with Crippen LogP contribution < -0.4 is 5.32 Å². The lowest BCUT2D eigenvalue weighted by molar-refractivity contribution is -0.384. The average Bonchev–Trinajstić information content (AvgIpc) is 3.27. The number of rotatable bonds is 5. The molecule has 0 radical (unpaired) electrons. The van der Waals surface area contributed by atoms with Gasteiger partial charge in [-0.25, -0.2) is 0 Å². The first kappa shape index (κ1) is 13.4. The molecular formula is C14H15ClN2O3. The van der Waals surface area contributed by atoms with Crippen molar-refractivity contribution < 1.29 is 9.72 Å². The molecule has 0 unspecified atom stereocenters. The fourth-order valence-electron chi connectivity index (χ4n) is 2.74. The number of nitro benzene ring substituents is 1. The molecule has 0 heterocycles. The number of carbonyl (C=O) groups is 1. The van der Waals surface area contributed by atoms with Crippen LogP contribution in [0.3, 0.4) is 0 Å². The highest BCUT2D eigenvalue weighted by atomic mass is 35.5. The Bertz CT molecular complexity index is 580. The van der Waals surface area contributed by atoms with Crippen LogP contribution in [0.25, 0.3) is 0 Å². The zero-order chi connectivity index (χ0) is 14.3. The summed E-state index contributed by atoms with van der Waals surface area (Å²) in [6.07, 6.45) is 4.89. The highest BCUT2D eigenvalue weighted by Crippen LogP contribution is 2.60. The standard InChI is InChI=1S/C14H15ClN2O3/c15-11-4-1-9(7-12(11)17(19)20)13(18)16-8-14(5-6-14)10-2-3-10/h1,4,7,10H,2-3,5-6,8H2,(H,16,18). The zero-order valence-electron chi connectivity index (χ0n) is 10.9. The van der Waals surface area contributed by atoms with Crippen LogP contribution in [0.5, 0.6) is 0 Å². The molecule has 2 fully saturated rings. The van der Waals surface area contributed by atoms with E-state index < -0.39 is 4.92 Å². The molecule has 3 rings (SSSR count). The number of hydrogen-bond donors (Lipinski definition) is 1. The van der Waals surface area contributed by atoms with E-state index in [1.165, 1.54) is 43.9 Å². The Labute approximate surface area is 121 Å². The first-order valence-electron chi connectivity index (χ1n) is 6.74. The maximum atomic E-state index is 12.1. The molecule has 6 heteroatoms. The summed E-state index contributed by atoms with van der Waals surface area (Å²) in [6.45, 7) is 0.674. The molecule has 106 valence electrons. The highest BCUT2D eigenvalue weighted by Gasteiger charge is 2.53. The van der Waals surface area contributed by atoms with E-state index in [4.69, 9.17) is 11.6 Å². The molecule has 1 aromatic rings. The van der Waals surface area contributed by atoms with Crippen LogP contribution in [0.4, 0.5) is 5.69 Å². The molecule has 5 nitrogen and oxygen atoms in total. The predicted octanol–water partition coefficient (Wildman–Crippen LogP) is 3.17. The molecule has 0 spiro atoms. The minimum Gasteiger partial charge on any atom is -0.351 e. The fourth-order valence-corrected chi connectivity index (χ4v) is 2.92. The summed E-state index contributed by atoms with van der Waals surface area (Å²) >= 11 is 5.73. The summed E-state index contributed by atoms with van der Waals surface area (Å²) < 4.78 is 0. The Balaban J connectivity index is 1.67. The van der Waals surface area contributed by atoms with Crippen LogP contribution in [0.15, 0.2) is 18.2 Å². The van der Waals surface area contributed by atoms with Gasteiger partial charge in [-0.1, -0.05) is 11.6 Å². The van der Waals surface area contributed by atoms with Crippen LogP contribution in [-0.2, 0) is 0 Å². The normalized spacial score (nSPS) is 19.4. The molecule has 20 heavy (non-hydrogen) atoms. The van der Waals surface area contributed by atoms with Crippen molar-refractivity contribution in [3.63, 3.8) is 0 Å². The largest absolute Gasteiger partial charge is 0.351 e. The summed E-state index contributed by atoms with van der Waals surface area (Å²) in [5, 5.41) is 13.8. The SMILES string of the molecule is O=C(NCC1(C2CC2)CC1)c1ccc(Cl)c([N+](=O)[O-])c1. The third-order valence-corrected chi connectivity index (χ3v) is 4.66. The van der Waals surface area contributed by atoms with Gasteiger partial charge >= 0.3 is 0 Å². The van der Waals surface area contributed by atoms with Crippen molar-refractivity contribution in [2.75, 3.05) is 6.54 Å². The van der Waals surface area contributed by atoms with Gasteiger partial charge in [0.15, 0.2) is 0 Å². The van der Waals surface area contributed by atoms with Crippen molar-refractivity contribution in [2.45, 2.75) is 25.7 Å². The Morgan fingerprint density at radius 1 is 1.45 bits per heavy atom. The molecule has 0 aliphatic heterocycles. The number of carbonyl (C=O) groups excluding carboxylic acids is 1. The number of nitrogens with zero attached hydrogens (tertiary/aromatic N) is 1. The van der Waals surface area contributed by atoms with E-state index in [9.17, 15) is 14.9 Å². The van der Waals surface area contributed by atoms with Crippen LogP contribution in [0.1, 0.15) is 36.0 Å². The van der Waals surface area contributed by atoms with Gasteiger partial charge in [0, 0.05) is 18.2 Å². The van der Waals surface area contributed by atoms with Gasteiger partial charge in [-0.15, -0.1) is 0 Å². The Hall–Kier alpha value is -1.62. The molecule has 2 aliphatic carbocycles. The number of amides is 1. The van der Waals surface area contributed by atoms with E-state index in [-0.39, 0.29) is 22.2 Å². The molecule has 0 aromatic heterocycles. The topological polar surface area (TPSA) is 72.2 Å². The Kier molecular flexibility index (Phi) is 3.17. The fraction of sp³-hybridized carbons (Fsp3) is 0.500. The third-order valence-electron chi connectivity index (χ3n) is 4.34. The van der Waals surface area contributed by atoms with E-state index in [1.807, 2.05) is 0 Å². The molecular weight excluding hydrogens is 280 g/mol. The number of hydrogen-bond acceptors (Lipinski definition) is 3. The van der Waals surface area contributed by atoms with Gasteiger partial charge in [-0.05, 0) is 49.1 Å². The van der Waals surface area contributed by atoms with E-state index in [1.54, 1.807) is 0 Å². The quantitative estimate of drug-likeness (QED) is 0.669. The molecule has 2 saturated carbocycles. The van der Waals surface area contributed by atoms with E-state index >= 15 is 0 Å². The number of benzene rings is 1. The van der Waals surface area contributed by atoms with Crippen molar-refractivity contribution in [3.05, 3.63) is 38.9 Å². The average molecular weight is 295 g/mol. The Morgan fingerprint density at radius 2 is 2.15 bits per heavy atom. The second-order valence-electron chi connectivity index (χ2n) is 5.74. The molecule has 0 bridgehead atoms.